The third-order valence-electron chi connectivity index (χ3n) is 3.23. The molecule has 0 bridgehead atoms. The summed E-state index contributed by atoms with van der Waals surface area (Å²) in [5.41, 5.74) is 0. The van der Waals surface area contributed by atoms with Crippen LogP contribution in [-0.4, -0.2) is 64.9 Å². The van der Waals surface area contributed by atoms with Crippen LogP contribution >= 0.6 is 0 Å². The monoisotopic (exact) mass is 288 g/mol. The Labute approximate surface area is 116 Å². The number of hydrogen-bond acceptors (Lipinski definition) is 5. The van der Waals surface area contributed by atoms with E-state index in [0.29, 0.717) is 0 Å². The number of urea groups is 1. The lowest BCUT2D eigenvalue weighted by atomic mass is 10.1. The van der Waals surface area contributed by atoms with Crippen molar-refractivity contribution in [1.29, 1.82) is 0 Å². The van der Waals surface area contributed by atoms with E-state index < -0.39 is 36.2 Å². The molecule has 1 unspecified atom stereocenters. The van der Waals surface area contributed by atoms with Crippen LogP contribution in [0.1, 0.15) is 20.3 Å². The molecule has 1 fully saturated rings. The van der Waals surface area contributed by atoms with Gasteiger partial charge in [-0.1, -0.05) is 13.8 Å². The first kappa shape index (κ1) is 16.2. The number of carboxylic acid groups (broad SMARTS) is 1. The smallest absolute Gasteiger partial charge is 0.328 e. The van der Waals surface area contributed by atoms with Crippen LogP contribution in [0.4, 0.5) is 4.79 Å². The summed E-state index contributed by atoms with van der Waals surface area (Å²) >= 11 is 0. The summed E-state index contributed by atoms with van der Waals surface area (Å²) in [6.45, 7) is 3.39. The maximum Gasteiger partial charge on any atom is 0.328 e. The summed E-state index contributed by atoms with van der Waals surface area (Å²) in [6, 6.07) is -2.65. The molecule has 2 amide bonds. The van der Waals surface area contributed by atoms with Crippen molar-refractivity contribution in [3.8, 4) is 0 Å². The summed E-state index contributed by atoms with van der Waals surface area (Å²) in [5, 5.41) is 21.0. The van der Waals surface area contributed by atoms with Crippen LogP contribution in [0.2, 0.25) is 0 Å². The number of carbonyl (C=O) groups is 3. The van der Waals surface area contributed by atoms with Crippen molar-refractivity contribution >= 4 is 18.0 Å². The van der Waals surface area contributed by atoms with Gasteiger partial charge in [-0.05, 0) is 5.92 Å². The van der Waals surface area contributed by atoms with Crippen molar-refractivity contribution in [2.75, 3.05) is 13.7 Å². The Kier molecular flexibility index (Phi) is 5.32. The predicted molar refractivity (Wildman–Crippen MR) is 67.9 cm³/mol. The summed E-state index contributed by atoms with van der Waals surface area (Å²) in [7, 11) is 1.21. The van der Waals surface area contributed by atoms with Gasteiger partial charge in [-0.3, -0.25) is 0 Å². The van der Waals surface area contributed by atoms with E-state index in [1.807, 2.05) is 0 Å². The Morgan fingerprint density at radius 3 is 2.40 bits per heavy atom. The third-order valence-corrected chi connectivity index (χ3v) is 3.23. The van der Waals surface area contributed by atoms with E-state index in [1.54, 1.807) is 13.8 Å². The molecule has 0 aromatic heterocycles. The lowest BCUT2D eigenvalue weighted by Crippen LogP contribution is -2.53. The third kappa shape index (κ3) is 3.60. The van der Waals surface area contributed by atoms with Gasteiger partial charge < -0.3 is 25.2 Å². The summed E-state index contributed by atoms with van der Waals surface area (Å²) in [6.07, 6.45) is -0.898. The van der Waals surface area contributed by atoms with Gasteiger partial charge in [-0.25, -0.2) is 14.4 Å². The van der Waals surface area contributed by atoms with E-state index in [2.05, 4.69) is 10.1 Å². The fraction of sp³-hybridized carbons (Fsp3) is 0.750. The van der Waals surface area contributed by atoms with Crippen molar-refractivity contribution in [2.24, 2.45) is 5.92 Å². The van der Waals surface area contributed by atoms with E-state index in [-0.39, 0.29) is 18.9 Å². The van der Waals surface area contributed by atoms with Crippen LogP contribution in [0, 0.1) is 5.92 Å². The Morgan fingerprint density at radius 2 is 1.95 bits per heavy atom. The van der Waals surface area contributed by atoms with Gasteiger partial charge in [0.1, 0.15) is 12.1 Å². The Hall–Kier alpha value is -1.83. The van der Waals surface area contributed by atoms with Crippen LogP contribution in [0.3, 0.4) is 0 Å². The highest BCUT2D eigenvalue weighted by atomic mass is 16.5. The van der Waals surface area contributed by atoms with E-state index in [9.17, 15) is 19.5 Å². The topological polar surface area (TPSA) is 116 Å². The number of nitrogens with one attached hydrogen (secondary N) is 1. The van der Waals surface area contributed by atoms with E-state index in [4.69, 9.17) is 5.11 Å². The normalized spacial score (nSPS) is 23.6. The molecule has 3 N–H and O–H groups in total. The SMILES string of the molecule is COC(=O)C(NC(=O)N1C[C@H](O)C[C@@H]1C(=O)O)C(C)C. The molecule has 1 aliphatic heterocycles. The molecule has 8 nitrogen and oxygen atoms in total. The number of methoxy groups -OCH3 is 1. The minimum absolute atomic E-state index is 0.0205. The molecule has 1 rings (SSSR count). The fourth-order valence-corrected chi connectivity index (χ4v) is 2.11. The molecule has 8 heteroatoms. The second kappa shape index (κ2) is 6.56. The molecule has 0 aromatic rings. The van der Waals surface area contributed by atoms with Crippen molar-refractivity contribution in [3.63, 3.8) is 0 Å². The first-order valence-electron chi connectivity index (χ1n) is 6.33. The quantitative estimate of drug-likeness (QED) is 0.596. The molecular formula is C12H20N2O6. The number of rotatable bonds is 4. The van der Waals surface area contributed by atoms with Crippen molar-refractivity contribution < 1.29 is 29.3 Å². The lowest BCUT2D eigenvalue weighted by molar-refractivity contribution is -0.144. The van der Waals surface area contributed by atoms with Crippen LogP contribution in [0.15, 0.2) is 0 Å². The Bertz CT molecular complexity index is 397. The number of ether oxygens (including phenoxy) is 1. The molecule has 1 aliphatic rings. The number of carbonyl (C=O) groups excluding carboxylic acids is 2. The van der Waals surface area contributed by atoms with Gasteiger partial charge in [0.2, 0.25) is 0 Å². The summed E-state index contributed by atoms with van der Waals surface area (Å²) < 4.78 is 4.59. The number of esters is 1. The number of amides is 2. The maximum atomic E-state index is 12.1. The van der Waals surface area contributed by atoms with Gasteiger partial charge in [0.15, 0.2) is 0 Å². The van der Waals surface area contributed by atoms with Crippen molar-refractivity contribution in [3.05, 3.63) is 0 Å². The molecular weight excluding hydrogens is 268 g/mol. The number of aliphatic hydroxyl groups excluding tert-OH is 1. The van der Waals surface area contributed by atoms with Gasteiger partial charge in [0.25, 0.3) is 0 Å². The summed E-state index contributed by atoms with van der Waals surface area (Å²) in [5.74, 6) is -1.99. The number of carboxylic acids is 1. The highest BCUT2D eigenvalue weighted by molar-refractivity contribution is 5.87. The van der Waals surface area contributed by atoms with Crippen LogP contribution in [-0.2, 0) is 14.3 Å². The standard InChI is InChI=1S/C12H20N2O6/c1-6(2)9(11(18)20-3)13-12(19)14-5-7(15)4-8(14)10(16)17/h6-9,15H,4-5H2,1-3H3,(H,13,19)(H,16,17)/t7-,8-,9?/m1/s1. The number of aliphatic carboxylic acids is 1. The number of likely N-dealkylation sites (tertiary alicyclic amines) is 1. The van der Waals surface area contributed by atoms with E-state index in [0.717, 1.165) is 4.90 Å². The summed E-state index contributed by atoms with van der Waals surface area (Å²) in [4.78, 5) is 35.7. The average Bonchev–Trinajstić information content (AvgIpc) is 2.76. The zero-order valence-electron chi connectivity index (χ0n) is 11.7. The predicted octanol–water partition coefficient (Wildman–Crippen LogP) is -0.587. The molecule has 0 radical (unpaired) electrons. The molecule has 0 spiro atoms. The van der Waals surface area contributed by atoms with Gasteiger partial charge in [0.05, 0.1) is 13.2 Å². The van der Waals surface area contributed by atoms with Crippen molar-refractivity contribution in [1.82, 2.24) is 10.2 Å². The van der Waals surface area contributed by atoms with E-state index in [1.165, 1.54) is 7.11 Å². The first-order valence-corrected chi connectivity index (χ1v) is 6.33. The van der Waals surface area contributed by atoms with Gasteiger partial charge >= 0.3 is 18.0 Å². The molecule has 0 saturated carbocycles. The molecule has 114 valence electrons. The molecule has 1 heterocycles. The van der Waals surface area contributed by atoms with Crippen LogP contribution < -0.4 is 5.32 Å². The van der Waals surface area contributed by atoms with Gasteiger partial charge in [-0.2, -0.15) is 0 Å². The second-order valence-corrected chi connectivity index (χ2v) is 5.09. The minimum Gasteiger partial charge on any atom is -0.480 e. The lowest BCUT2D eigenvalue weighted by Gasteiger charge is -2.26. The fourth-order valence-electron chi connectivity index (χ4n) is 2.11. The van der Waals surface area contributed by atoms with E-state index >= 15 is 0 Å². The molecule has 1 saturated heterocycles. The maximum absolute atomic E-state index is 12.1. The molecule has 20 heavy (non-hydrogen) atoms. The molecule has 0 aliphatic carbocycles. The number of β-amino-alcohol motifs (C(OH)–C–C–N with tert-alkyl or cyclic N) is 1. The van der Waals surface area contributed by atoms with Gasteiger partial charge in [0, 0.05) is 13.0 Å². The highest BCUT2D eigenvalue weighted by Crippen LogP contribution is 2.18. The number of aliphatic hydroxyl groups is 1. The number of nitrogens with zero attached hydrogens (tertiary/aromatic N) is 1. The van der Waals surface area contributed by atoms with Crippen molar-refractivity contribution in [2.45, 2.75) is 38.5 Å². The largest absolute Gasteiger partial charge is 0.480 e. The Balaban J connectivity index is 2.78. The molecule has 3 atom stereocenters. The number of hydrogen-bond donors (Lipinski definition) is 3. The van der Waals surface area contributed by atoms with Crippen LogP contribution in [0.5, 0.6) is 0 Å². The minimum atomic E-state index is -1.18. The zero-order valence-corrected chi connectivity index (χ0v) is 11.7. The first-order chi connectivity index (χ1) is 9.27. The highest BCUT2D eigenvalue weighted by Gasteiger charge is 2.40. The van der Waals surface area contributed by atoms with Crippen LogP contribution in [0.25, 0.3) is 0 Å². The second-order valence-electron chi connectivity index (χ2n) is 5.09. The average molecular weight is 288 g/mol. The van der Waals surface area contributed by atoms with Gasteiger partial charge in [-0.15, -0.1) is 0 Å². The molecule has 0 aromatic carbocycles. The zero-order chi connectivity index (χ0) is 15.4. The Morgan fingerprint density at radius 1 is 1.35 bits per heavy atom.